The van der Waals surface area contributed by atoms with Gasteiger partial charge in [-0.2, -0.15) is 5.10 Å². The van der Waals surface area contributed by atoms with Crippen LogP contribution in [0.4, 0.5) is 0 Å². The van der Waals surface area contributed by atoms with E-state index < -0.39 is 0 Å². The van der Waals surface area contributed by atoms with Crippen molar-refractivity contribution in [2.45, 2.75) is 53.6 Å². The zero-order valence-electron chi connectivity index (χ0n) is 11.9. The first kappa shape index (κ1) is 13.9. The number of aryl methyl sites for hydroxylation is 2. The normalized spacial score (nSPS) is 17.4. The van der Waals surface area contributed by atoms with Gasteiger partial charge in [-0.1, -0.05) is 25.4 Å². The topological polar surface area (TPSA) is 29.9 Å². The molecule has 0 aliphatic heterocycles. The lowest BCUT2D eigenvalue weighted by Gasteiger charge is -2.20. The molecule has 3 nitrogen and oxygen atoms in total. The summed E-state index contributed by atoms with van der Waals surface area (Å²) in [5, 5.41) is 8.83. The number of hydrogen-bond acceptors (Lipinski definition) is 2. The van der Waals surface area contributed by atoms with Crippen LogP contribution in [0.2, 0.25) is 5.02 Å². The Morgan fingerprint density at radius 2 is 2.11 bits per heavy atom. The van der Waals surface area contributed by atoms with Gasteiger partial charge in [0, 0.05) is 19.6 Å². The highest BCUT2D eigenvalue weighted by atomic mass is 35.5. The van der Waals surface area contributed by atoms with E-state index >= 15 is 0 Å². The van der Waals surface area contributed by atoms with Gasteiger partial charge in [0.05, 0.1) is 16.4 Å². The predicted octanol–water partition coefficient (Wildman–Crippen LogP) is 3.39. The molecule has 1 saturated carbocycles. The molecule has 1 N–H and O–H groups in total. The Labute approximate surface area is 115 Å². The summed E-state index contributed by atoms with van der Waals surface area (Å²) in [5.74, 6) is 0.762. The first-order valence-corrected chi connectivity index (χ1v) is 7.30. The first-order valence-electron chi connectivity index (χ1n) is 6.92. The fraction of sp³-hybridized carbons (Fsp3) is 0.786. The van der Waals surface area contributed by atoms with Crippen molar-refractivity contribution in [3.63, 3.8) is 0 Å². The standard InChI is InChI=1S/C14H24ClN3/c1-5-18-12(13(15)11(4)17-18)8-16-9-14(6-7-14)10(2)3/h10,16H,5-9H2,1-4H3. The third-order valence-corrected chi connectivity index (χ3v) is 4.83. The third kappa shape index (κ3) is 2.57. The van der Waals surface area contributed by atoms with Crippen molar-refractivity contribution in [2.24, 2.45) is 11.3 Å². The van der Waals surface area contributed by atoms with Crippen LogP contribution in [-0.2, 0) is 13.1 Å². The SMILES string of the molecule is CCn1nc(C)c(Cl)c1CNCC1(C(C)C)CC1. The molecule has 0 radical (unpaired) electrons. The van der Waals surface area contributed by atoms with Crippen molar-refractivity contribution in [3.05, 3.63) is 16.4 Å². The molecular formula is C14H24ClN3. The highest BCUT2D eigenvalue weighted by Crippen LogP contribution is 2.51. The Morgan fingerprint density at radius 3 is 2.61 bits per heavy atom. The van der Waals surface area contributed by atoms with Crippen molar-refractivity contribution < 1.29 is 0 Å². The zero-order chi connectivity index (χ0) is 13.3. The van der Waals surface area contributed by atoms with E-state index in [1.54, 1.807) is 0 Å². The fourth-order valence-corrected chi connectivity index (χ4v) is 2.79. The van der Waals surface area contributed by atoms with Crippen molar-refractivity contribution in [1.82, 2.24) is 15.1 Å². The summed E-state index contributed by atoms with van der Waals surface area (Å²) in [4.78, 5) is 0. The summed E-state index contributed by atoms with van der Waals surface area (Å²) in [7, 11) is 0. The average Bonchev–Trinajstić information content (AvgIpc) is 3.07. The minimum Gasteiger partial charge on any atom is -0.311 e. The second-order valence-electron chi connectivity index (χ2n) is 5.78. The van der Waals surface area contributed by atoms with E-state index in [-0.39, 0.29) is 0 Å². The molecule has 0 bridgehead atoms. The Morgan fingerprint density at radius 1 is 1.44 bits per heavy atom. The molecule has 0 saturated heterocycles. The van der Waals surface area contributed by atoms with Crippen LogP contribution < -0.4 is 5.32 Å². The van der Waals surface area contributed by atoms with Gasteiger partial charge in [0.25, 0.3) is 0 Å². The van der Waals surface area contributed by atoms with Crippen molar-refractivity contribution in [2.75, 3.05) is 6.54 Å². The number of halogens is 1. The lowest BCUT2D eigenvalue weighted by atomic mass is 9.92. The quantitative estimate of drug-likeness (QED) is 0.858. The van der Waals surface area contributed by atoms with E-state index in [0.717, 1.165) is 42.0 Å². The highest BCUT2D eigenvalue weighted by molar-refractivity contribution is 6.31. The third-order valence-electron chi connectivity index (χ3n) is 4.34. The lowest BCUT2D eigenvalue weighted by Crippen LogP contribution is -2.28. The molecular weight excluding hydrogens is 246 g/mol. The van der Waals surface area contributed by atoms with E-state index in [1.807, 2.05) is 11.6 Å². The van der Waals surface area contributed by atoms with Gasteiger partial charge < -0.3 is 5.32 Å². The molecule has 1 fully saturated rings. The molecule has 1 heterocycles. The number of rotatable bonds is 6. The van der Waals surface area contributed by atoms with Crippen LogP contribution in [0.25, 0.3) is 0 Å². The van der Waals surface area contributed by atoms with Gasteiger partial charge in [0.2, 0.25) is 0 Å². The summed E-state index contributed by atoms with van der Waals surface area (Å²) in [6.45, 7) is 11.5. The summed E-state index contributed by atoms with van der Waals surface area (Å²) < 4.78 is 2.00. The molecule has 0 spiro atoms. The van der Waals surface area contributed by atoms with E-state index in [2.05, 4.69) is 31.2 Å². The Kier molecular flexibility index (Phi) is 4.02. The van der Waals surface area contributed by atoms with Gasteiger partial charge in [-0.15, -0.1) is 0 Å². The fourth-order valence-electron chi connectivity index (χ4n) is 2.59. The molecule has 1 aliphatic carbocycles. The van der Waals surface area contributed by atoms with Crippen LogP contribution in [0.3, 0.4) is 0 Å². The summed E-state index contributed by atoms with van der Waals surface area (Å²) in [6, 6.07) is 0. The maximum absolute atomic E-state index is 6.30. The van der Waals surface area contributed by atoms with Crippen LogP contribution in [0.1, 0.15) is 45.0 Å². The number of nitrogens with zero attached hydrogens (tertiary/aromatic N) is 2. The van der Waals surface area contributed by atoms with Crippen LogP contribution in [0.15, 0.2) is 0 Å². The van der Waals surface area contributed by atoms with Gasteiger partial charge >= 0.3 is 0 Å². The number of aromatic nitrogens is 2. The van der Waals surface area contributed by atoms with Gasteiger partial charge in [0.15, 0.2) is 0 Å². The maximum atomic E-state index is 6.30. The van der Waals surface area contributed by atoms with Gasteiger partial charge in [0.1, 0.15) is 0 Å². The minimum atomic E-state index is 0.540. The molecule has 1 aliphatic rings. The van der Waals surface area contributed by atoms with Crippen LogP contribution in [0.5, 0.6) is 0 Å². The number of hydrogen-bond donors (Lipinski definition) is 1. The van der Waals surface area contributed by atoms with Crippen molar-refractivity contribution in [3.8, 4) is 0 Å². The summed E-state index contributed by atoms with van der Waals surface area (Å²) >= 11 is 6.30. The van der Waals surface area contributed by atoms with E-state index in [0.29, 0.717) is 5.41 Å². The molecule has 4 heteroatoms. The zero-order valence-corrected chi connectivity index (χ0v) is 12.6. The Hall–Kier alpha value is -0.540. The molecule has 102 valence electrons. The van der Waals surface area contributed by atoms with Gasteiger partial charge in [-0.05, 0) is 38.0 Å². The molecule has 18 heavy (non-hydrogen) atoms. The maximum Gasteiger partial charge on any atom is 0.0860 e. The minimum absolute atomic E-state index is 0.540. The summed E-state index contributed by atoms with van der Waals surface area (Å²) in [6.07, 6.45) is 2.72. The van der Waals surface area contributed by atoms with Crippen LogP contribution in [0, 0.1) is 18.3 Å². The predicted molar refractivity (Wildman–Crippen MR) is 75.9 cm³/mol. The molecule has 0 amide bonds. The van der Waals surface area contributed by atoms with Gasteiger partial charge in [-0.3, -0.25) is 4.68 Å². The monoisotopic (exact) mass is 269 g/mol. The molecule has 1 aromatic heterocycles. The molecule has 0 aromatic carbocycles. The largest absolute Gasteiger partial charge is 0.311 e. The second kappa shape index (κ2) is 5.22. The lowest BCUT2D eigenvalue weighted by molar-refractivity contribution is 0.336. The average molecular weight is 270 g/mol. The smallest absolute Gasteiger partial charge is 0.0860 e. The van der Waals surface area contributed by atoms with Crippen LogP contribution >= 0.6 is 11.6 Å². The van der Waals surface area contributed by atoms with Crippen molar-refractivity contribution in [1.29, 1.82) is 0 Å². The van der Waals surface area contributed by atoms with E-state index in [9.17, 15) is 0 Å². The van der Waals surface area contributed by atoms with Gasteiger partial charge in [-0.25, -0.2) is 0 Å². The highest BCUT2D eigenvalue weighted by Gasteiger charge is 2.44. The van der Waals surface area contributed by atoms with E-state index in [1.165, 1.54) is 12.8 Å². The van der Waals surface area contributed by atoms with Crippen molar-refractivity contribution >= 4 is 11.6 Å². The molecule has 2 rings (SSSR count). The molecule has 1 aromatic rings. The molecule has 0 atom stereocenters. The number of nitrogens with one attached hydrogen (secondary N) is 1. The first-order chi connectivity index (χ1) is 8.50. The Bertz CT molecular complexity index is 419. The van der Waals surface area contributed by atoms with E-state index in [4.69, 9.17) is 11.6 Å². The van der Waals surface area contributed by atoms with Crippen LogP contribution in [-0.4, -0.2) is 16.3 Å². The molecule has 0 unspecified atom stereocenters. The Balaban J connectivity index is 1.94. The second-order valence-corrected chi connectivity index (χ2v) is 6.16. The summed E-state index contributed by atoms with van der Waals surface area (Å²) in [5.41, 5.74) is 2.59.